The van der Waals surface area contributed by atoms with E-state index in [4.69, 9.17) is 22.1 Å². The molecule has 6 N–H and O–H groups in total. The number of halogens is 1. The molecule has 1 saturated carbocycles. The number of nitrogens with two attached hydrogens (primary N) is 1. The predicted octanol–water partition coefficient (Wildman–Crippen LogP) is 2.74. The number of carbonyl (C=O) groups excluding carboxylic acids is 3. The topological polar surface area (TPSA) is 147 Å². The number of aryl methyl sites for hydroxylation is 1. The fourth-order valence-corrected chi connectivity index (χ4v) is 5.55. The molecule has 1 fully saturated rings. The Morgan fingerprint density at radius 2 is 1.82 bits per heavy atom. The number of hydrogen-bond donors (Lipinski definition) is 5. The lowest BCUT2D eigenvalue weighted by atomic mass is 10.00. The molecular formula is C33H45ClN6O4. The van der Waals surface area contributed by atoms with Crippen molar-refractivity contribution in [2.75, 3.05) is 26.7 Å². The monoisotopic (exact) mass is 624 g/mol. The van der Waals surface area contributed by atoms with Crippen molar-refractivity contribution >= 4 is 35.2 Å². The second-order valence-electron chi connectivity index (χ2n) is 12.0. The number of amides is 3. The summed E-state index contributed by atoms with van der Waals surface area (Å²) in [5, 5.41) is 12.8. The van der Waals surface area contributed by atoms with Crippen LogP contribution >= 0.6 is 11.6 Å². The zero-order valence-corrected chi connectivity index (χ0v) is 26.6. The molecule has 2 aliphatic rings. The molecule has 0 bridgehead atoms. The molecule has 11 heteroatoms. The first kappa shape index (κ1) is 33.3. The van der Waals surface area contributed by atoms with Crippen molar-refractivity contribution in [2.24, 2.45) is 22.6 Å². The summed E-state index contributed by atoms with van der Waals surface area (Å²) in [6.07, 6.45) is 4.34. The Morgan fingerprint density at radius 1 is 1.02 bits per heavy atom. The summed E-state index contributed by atoms with van der Waals surface area (Å²) >= 11 is 6.23. The van der Waals surface area contributed by atoms with E-state index in [1.807, 2.05) is 50.2 Å². The molecule has 4 rings (SSSR count). The summed E-state index contributed by atoms with van der Waals surface area (Å²) in [5.74, 6) is 0.456. The highest BCUT2D eigenvalue weighted by molar-refractivity contribution is 6.30. The second-order valence-corrected chi connectivity index (χ2v) is 12.4. The highest BCUT2D eigenvalue weighted by Gasteiger charge is 2.34. The largest absolute Gasteiger partial charge is 0.492 e. The van der Waals surface area contributed by atoms with E-state index in [1.165, 1.54) is 0 Å². The predicted molar refractivity (Wildman–Crippen MR) is 173 cm³/mol. The Morgan fingerprint density at radius 3 is 2.52 bits per heavy atom. The number of fused-ring (bicyclic) bond motifs is 1. The summed E-state index contributed by atoms with van der Waals surface area (Å²) in [7, 11) is 1.64. The lowest BCUT2D eigenvalue weighted by Gasteiger charge is -2.27. The van der Waals surface area contributed by atoms with Gasteiger partial charge in [0.2, 0.25) is 17.7 Å². The molecule has 0 saturated heterocycles. The number of benzene rings is 2. The van der Waals surface area contributed by atoms with Gasteiger partial charge in [0.25, 0.3) is 0 Å². The maximum atomic E-state index is 13.7. The average molecular weight is 625 g/mol. The number of nitrogens with one attached hydrogen (secondary N) is 4. The van der Waals surface area contributed by atoms with Gasteiger partial charge in [0.15, 0.2) is 0 Å². The highest BCUT2D eigenvalue weighted by Crippen LogP contribution is 2.33. The Hall–Kier alpha value is -3.63. The summed E-state index contributed by atoms with van der Waals surface area (Å²) in [4.78, 5) is 44.6. The molecule has 1 aliphatic carbocycles. The molecule has 3 unspecified atom stereocenters. The SMILES string of the molecule is CN=C(N)c1ccc2c(c1)CCCNC(=O)C(CC1CC1)NC(=O)C(C(C)C)NC(=O)C(Cc1cccc(Cl)c1)NCCO2. The molecule has 0 radical (unpaired) electrons. The number of carbonyl (C=O) groups is 3. The molecule has 3 atom stereocenters. The number of ether oxygens (including phenoxy) is 1. The average Bonchev–Trinajstić information content (AvgIpc) is 3.82. The van der Waals surface area contributed by atoms with Crippen LogP contribution in [0, 0.1) is 11.8 Å². The number of nitrogens with zero attached hydrogens (tertiary/aromatic N) is 1. The summed E-state index contributed by atoms with van der Waals surface area (Å²) in [6, 6.07) is 10.9. The van der Waals surface area contributed by atoms with Crippen LogP contribution in [-0.2, 0) is 27.2 Å². The van der Waals surface area contributed by atoms with Gasteiger partial charge in [0, 0.05) is 30.7 Å². The lowest BCUT2D eigenvalue weighted by Crippen LogP contribution is -2.58. The van der Waals surface area contributed by atoms with Gasteiger partial charge in [0.05, 0.1) is 6.04 Å². The molecule has 2 aromatic rings. The number of aliphatic imine (C=N–C) groups is 1. The van der Waals surface area contributed by atoms with Crippen LogP contribution in [0.1, 0.15) is 56.2 Å². The Labute approximate surface area is 264 Å². The quantitative estimate of drug-likeness (QED) is 0.247. The minimum absolute atomic E-state index is 0.197. The third-order valence-electron chi connectivity index (χ3n) is 8.06. The van der Waals surface area contributed by atoms with Crippen molar-refractivity contribution in [3.63, 3.8) is 0 Å². The maximum absolute atomic E-state index is 13.7. The van der Waals surface area contributed by atoms with E-state index < -0.39 is 18.1 Å². The smallest absolute Gasteiger partial charge is 0.243 e. The maximum Gasteiger partial charge on any atom is 0.243 e. The molecule has 0 aromatic heterocycles. The van der Waals surface area contributed by atoms with Gasteiger partial charge in [-0.2, -0.15) is 0 Å². The van der Waals surface area contributed by atoms with Crippen LogP contribution in [0.5, 0.6) is 5.75 Å². The van der Waals surface area contributed by atoms with E-state index >= 15 is 0 Å². The van der Waals surface area contributed by atoms with Crippen LogP contribution in [0.4, 0.5) is 0 Å². The Kier molecular flexibility index (Phi) is 12.0. The zero-order chi connectivity index (χ0) is 31.6. The Balaban J connectivity index is 1.60. The fourth-order valence-electron chi connectivity index (χ4n) is 5.34. The third kappa shape index (κ3) is 9.69. The van der Waals surface area contributed by atoms with Crippen molar-refractivity contribution in [1.82, 2.24) is 21.3 Å². The van der Waals surface area contributed by atoms with Gasteiger partial charge in [-0.15, -0.1) is 0 Å². The van der Waals surface area contributed by atoms with E-state index in [-0.39, 0.29) is 23.6 Å². The normalized spacial score (nSPS) is 23.0. The Bertz CT molecular complexity index is 1350. The van der Waals surface area contributed by atoms with Crippen LogP contribution in [0.25, 0.3) is 0 Å². The molecule has 3 amide bonds. The van der Waals surface area contributed by atoms with Crippen molar-refractivity contribution in [3.05, 3.63) is 64.2 Å². The first-order chi connectivity index (χ1) is 21.1. The first-order valence-electron chi connectivity index (χ1n) is 15.5. The van der Waals surface area contributed by atoms with E-state index in [9.17, 15) is 14.4 Å². The van der Waals surface area contributed by atoms with Gasteiger partial charge < -0.3 is 31.7 Å². The van der Waals surface area contributed by atoms with Crippen LogP contribution in [-0.4, -0.2) is 68.4 Å². The zero-order valence-electron chi connectivity index (χ0n) is 25.8. The number of hydrogen-bond acceptors (Lipinski definition) is 6. The summed E-state index contributed by atoms with van der Waals surface area (Å²) in [6.45, 7) is 4.88. The fraction of sp³-hybridized carbons (Fsp3) is 0.515. The van der Waals surface area contributed by atoms with Gasteiger partial charge in [-0.05, 0) is 79.0 Å². The molecule has 0 spiro atoms. The second kappa shape index (κ2) is 15.9. The minimum Gasteiger partial charge on any atom is -0.492 e. The van der Waals surface area contributed by atoms with Gasteiger partial charge in [-0.3, -0.25) is 19.4 Å². The number of rotatable bonds is 6. The third-order valence-corrected chi connectivity index (χ3v) is 8.30. The van der Waals surface area contributed by atoms with Crippen LogP contribution in [0.15, 0.2) is 47.5 Å². The summed E-state index contributed by atoms with van der Waals surface area (Å²) in [5.41, 5.74) is 8.70. The molecule has 238 valence electrons. The first-order valence-corrected chi connectivity index (χ1v) is 15.9. The molecule has 2 aromatic carbocycles. The van der Waals surface area contributed by atoms with E-state index in [0.29, 0.717) is 67.9 Å². The molecule has 1 aliphatic heterocycles. The minimum atomic E-state index is -0.809. The highest BCUT2D eigenvalue weighted by atomic mass is 35.5. The summed E-state index contributed by atoms with van der Waals surface area (Å²) < 4.78 is 6.17. The van der Waals surface area contributed by atoms with Crippen molar-refractivity contribution in [2.45, 2.75) is 70.5 Å². The van der Waals surface area contributed by atoms with E-state index in [1.54, 1.807) is 13.1 Å². The van der Waals surface area contributed by atoms with Gasteiger partial charge in [0.1, 0.15) is 30.3 Å². The van der Waals surface area contributed by atoms with Crippen LogP contribution in [0.2, 0.25) is 5.02 Å². The van der Waals surface area contributed by atoms with Crippen LogP contribution < -0.4 is 31.7 Å². The van der Waals surface area contributed by atoms with Crippen molar-refractivity contribution < 1.29 is 19.1 Å². The van der Waals surface area contributed by atoms with E-state index in [0.717, 1.165) is 29.5 Å². The van der Waals surface area contributed by atoms with Crippen LogP contribution in [0.3, 0.4) is 0 Å². The van der Waals surface area contributed by atoms with E-state index in [2.05, 4.69) is 26.3 Å². The van der Waals surface area contributed by atoms with Gasteiger partial charge in [-0.25, -0.2) is 0 Å². The van der Waals surface area contributed by atoms with Crippen molar-refractivity contribution in [1.29, 1.82) is 0 Å². The molecule has 44 heavy (non-hydrogen) atoms. The van der Waals surface area contributed by atoms with Gasteiger partial charge in [-0.1, -0.05) is 50.4 Å². The molecule has 1 heterocycles. The molecule has 10 nitrogen and oxygen atoms in total. The van der Waals surface area contributed by atoms with Crippen molar-refractivity contribution in [3.8, 4) is 5.75 Å². The van der Waals surface area contributed by atoms with Gasteiger partial charge >= 0.3 is 0 Å². The molecular weight excluding hydrogens is 580 g/mol. The standard InChI is InChI=1S/C33H45ClN6O4/c1-20(2)29-33(43)39-27(17-21-9-10-21)31(41)38-13-5-7-23-19-24(30(35)36-3)11-12-28(23)44-15-14-37-26(32(42)40-29)18-22-6-4-8-25(34)16-22/h4,6,8,11-12,16,19-21,26-27,29,37H,5,7,9-10,13-15,17-18H2,1-3H3,(H2,35,36)(H,38,41)(H,39,43)(H,40,42). The number of amidine groups is 1. The lowest BCUT2D eigenvalue weighted by molar-refractivity contribution is -0.133.